The van der Waals surface area contributed by atoms with Gasteiger partial charge in [0.15, 0.2) is 11.0 Å². The first-order valence-corrected chi connectivity index (χ1v) is 11.4. The second kappa shape index (κ2) is 11.1. The Balaban J connectivity index is 1.67. The Labute approximate surface area is 197 Å². The lowest BCUT2D eigenvalue weighted by atomic mass is 10.2. The molecule has 0 aliphatic rings. The predicted molar refractivity (Wildman–Crippen MR) is 126 cm³/mol. The molecule has 0 saturated heterocycles. The van der Waals surface area contributed by atoms with Gasteiger partial charge in [0.2, 0.25) is 5.91 Å². The van der Waals surface area contributed by atoms with E-state index in [1.165, 1.54) is 30.0 Å². The van der Waals surface area contributed by atoms with Crippen molar-refractivity contribution in [2.45, 2.75) is 24.7 Å². The van der Waals surface area contributed by atoms with E-state index in [1.807, 2.05) is 12.1 Å². The minimum atomic E-state index is -0.599. The van der Waals surface area contributed by atoms with Crippen molar-refractivity contribution in [1.29, 1.82) is 0 Å². The summed E-state index contributed by atoms with van der Waals surface area (Å²) >= 11 is 4.57. The Morgan fingerprint density at radius 2 is 1.94 bits per heavy atom. The number of nitrogens with zero attached hydrogens (tertiary/aromatic N) is 3. The summed E-state index contributed by atoms with van der Waals surface area (Å²) in [6.45, 7) is 5.87. The van der Waals surface area contributed by atoms with E-state index in [4.69, 9.17) is 0 Å². The molecule has 1 atom stereocenters. The second-order valence-corrected chi connectivity index (χ2v) is 8.62. The fraction of sp³-hybridized carbons (Fsp3) is 0.182. The maximum absolute atomic E-state index is 13.9. The Kier molecular flexibility index (Phi) is 8.18. The van der Waals surface area contributed by atoms with E-state index >= 15 is 0 Å². The molecule has 1 aromatic heterocycles. The highest BCUT2D eigenvalue weighted by Gasteiger charge is 2.21. The molecule has 0 radical (unpaired) electrons. The van der Waals surface area contributed by atoms with Gasteiger partial charge >= 0.3 is 0 Å². The van der Waals surface area contributed by atoms with Crippen LogP contribution in [0.3, 0.4) is 0 Å². The monoisotopic (exact) mass is 517 g/mol. The minimum Gasteiger partial charge on any atom is -0.342 e. The number of amides is 2. The predicted octanol–water partition coefficient (Wildman–Crippen LogP) is 4.59. The lowest BCUT2D eigenvalue weighted by Gasteiger charge is -2.15. The molecule has 2 aromatic carbocycles. The van der Waals surface area contributed by atoms with Crippen molar-refractivity contribution in [1.82, 2.24) is 20.1 Å². The van der Waals surface area contributed by atoms with Crippen molar-refractivity contribution in [2.75, 3.05) is 11.1 Å². The van der Waals surface area contributed by atoms with Crippen molar-refractivity contribution in [2.24, 2.45) is 0 Å². The first kappa shape index (κ1) is 23.7. The van der Waals surface area contributed by atoms with Crippen LogP contribution < -0.4 is 10.6 Å². The lowest BCUT2D eigenvalue weighted by molar-refractivity contribution is -0.113. The standard InChI is InChI=1S/C22H21BrFN5O2S/c1-3-12-29-20(14(2)25-21(31)17-6-4-5-7-18(17)24)27-28-22(29)32-13-19(30)26-16-10-8-15(23)9-11-16/h3-11,14H,1,12-13H2,2H3,(H,25,31)(H,26,30). The number of hydrogen-bond donors (Lipinski definition) is 2. The topological polar surface area (TPSA) is 88.9 Å². The van der Waals surface area contributed by atoms with E-state index in [0.29, 0.717) is 23.2 Å². The summed E-state index contributed by atoms with van der Waals surface area (Å²) in [5, 5.41) is 14.4. The number of rotatable bonds is 9. The molecule has 2 N–H and O–H groups in total. The number of nitrogens with one attached hydrogen (secondary N) is 2. The molecule has 0 spiro atoms. The van der Waals surface area contributed by atoms with Gasteiger partial charge in [-0.3, -0.25) is 9.59 Å². The molecule has 0 aliphatic heterocycles. The van der Waals surface area contributed by atoms with Gasteiger partial charge in [0.05, 0.1) is 17.4 Å². The normalized spacial score (nSPS) is 11.6. The van der Waals surface area contributed by atoms with Crippen LogP contribution >= 0.6 is 27.7 Å². The molecule has 0 aliphatic carbocycles. The number of thioether (sulfide) groups is 1. The van der Waals surface area contributed by atoms with Crippen molar-refractivity contribution in [3.8, 4) is 0 Å². The van der Waals surface area contributed by atoms with Gasteiger partial charge in [0.25, 0.3) is 5.91 Å². The van der Waals surface area contributed by atoms with Crippen LogP contribution in [0, 0.1) is 5.82 Å². The zero-order valence-electron chi connectivity index (χ0n) is 17.2. The third-order valence-electron chi connectivity index (χ3n) is 4.37. The lowest BCUT2D eigenvalue weighted by Crippen LogP contribution is -2.29. The maximum Gasteiger partial charge on any atom is 0.254 e. The van der Waals surface area contributed by atoms with Crippen LogP contribution in [0.4, 0.5) is 10.1 Å². The molecule has 1 heterocycles. The molecule has 3 aromatic rings. The van der Waals surface area contributed by atoms with Crippen molar-refractivity contribution in [3.63, 3.8) is 0 Å². The number of halogens is 2. The van der Waals surface area contributed by atoms with Crippen LogP contribution in [0.2, 0.25) is 0 Å². The SMILES string of the molecule is C=CCn1c(SCC(=O)Nc2ccc(Br)cc2)nnc1C(C)NC(=O)c1ccccc1F. The maximum atomic E-state index is 13.9. The molecule has 1 unspecified atom stereocenters. The molecule has 2 amide bonds. The Morgan fingerprint density at radius 3 is 2.62 bits per heavy atom. The number of allylic oxidation sites excluding steroid dienone is 1. The summed E-state index contributed by atoms with van der Waals surface area (Å²) in [5.41, 5.74) is 0.643. The van der Waals surface area contributed by atoms with Crippen LogP contribution in [0.1, 0.15) is 29.1 Å². The molecule has 0 fully saturated rings. The van der Waals surface area contributed by atoms with Gasteiger partial charge in [0.1, 0.15) is 5.82 Å². The van der Waals surface area contributed by atoms with Gasteiger partial charge in [-0.25, -0.2) is 4.39 Å². The highest BCUT2D eigenvalue weighted by atomic mass is 79.9. The van der Waals surface area contributed by atoms with Gasteiger partial charge in [-0.2, -0.15) is 0 Å². The average Bonchev–Trinajstić information content (AvgIpc) is 3.17. The second-order valence-electron chi connectivity index (χ2n) is 6.76. The summed E-state index contributed by atoms with van der Waals surface area (Å²) in [5.74, 6) is -0.732. The first-order valence-electron chi connectivity index (χ1n) is 9.66. The van der Waals surface area contributed by atoms with Crippen LogP contribution in [0.15, 0.2) is 70.8 Å². The molecule has 3 rings (SSSR count). The third-order valence-corrected chi connectivity index (χ3v) is 5.87. The van der Waals surface area contributed by atoms with Crippen LogP contribution in [-0.4, -0.2) is 32.3 Å². The van der Waals surface area contributed by atoms with E-state index in [9.17, 15) is 14.0 Å². The van der Waals surface area contributed by atoms with Gasteiger partial charge in [0, 0.05) is 16.7 Å². The largest absolute Gasteiger partial charge is 0.342 e. The Morgan fingerprint density at radius 1 is 1.22 bits per heavy atom. The molecular weight excluding hydrogens is 497 g/mol. The van der Waals surface area contributed by atoms with Gasteiger partial charge in [-0.15, -0.1) is 16.8 Å². The van der Waals surface area contributed by atoms with E-state index in [1.54, 1.807) is 35.8 Å². The van der Waals surface area contributed by atoms with Gasteiger partial charge in [-0.05, 0) is 43.3 Å². The average molecular weight is 518 g/mol. The van der Waals surface area contributed by atoms with Crippen LogP contribution in [0.5, 0.6) is 0 Å². The van der Waals surface area contributed by atoms with Crippen molar-refractivity contribution >= 4 is 45.2 Å². The number of carbonyl (C=O) groups is 2. The number of hydrogen-bond acceptors (Lipinski definition) is 5. The Bertz CT molecular complexity index is 1120. The fourth-order valence-corrected chi connectivity index (χ4v) is 3.89. The number of benzene rings is 2. The third kappa shape index (κ3) is 6.04. The summed E-state index contributed by atoms with van der Waals surface area (Å²) in [7, 11) is 0. The minimum absolute atomic E-state index is 0.0478. The van der Waals surface area contributed by atoms with E-state index in [-0.39, 0.29) is 17.2 Å². The fourth-order valence-electron chi connectivity index (χ4n) is 2.87. The zero-order valence-corrected chi connectivity index (χ0v) is 19.6. The summed E-state index contributed by atoms with van der Waals surface area (Å²) in [6, 6.07) is 12.5. The van der Waals surface area contributed by atoms with E-state index < -0.39 is 17.8 Å². The van der Waals surface area contributed by atoms with E-state index in [0.717, 1.165) is 4.47 Å². The smallest absolute Gasteiger partial charge is 0.254 e. The summed E-state index contributed by atoms with van der Waals surface area (Å²) in [4.78, 5) is 24.7. The number of aromatic nitrogens is 3. The number of anilines is 1. The molecule has 0 bridgehead atoms. The summed E-state index contributed by atoms with van der Waals surface area (Å²) < 4.78 is 16.6. The van der Waals surface area contributed by atoms with Crippen LogP contribution in [0.25, 0.3) is 0 Å². The molecule has 166 valence electrons. The molecule has 0 saturated carbocycles. The molecule has 32 heavy (non-hydrogen) atoms. The van der Waals surface area contributed by atoms with Gasteiger partial charge < -0.3 is 15.2 Å². The number of carbonyl (C=O) groups excluding carboxylic acids is 2. The van der Waals surface area contributed by atoms with Crippen molar-refractivity contribution in [3.05, 3.63) is 82.9 Å². The summed E-state index contributed by atoms with van der Waals surface area (Å²) in [6.07, 6.45) is 1.67. The first-order chi connectivity index (χ1) is 15.4. The van der Waals surface area contributed by atoms with Gasteiger partial charge in [-0.1, -0.05) is 45.9 Å². The quantitative estimate of drug-likeness (QED) is 0.320. The molecular formula is C22H21BrFN5O2S. The highest BCUT2D eigenvalue weighted by Crippen LogP contribution is 2.22. The molecule has 10 heteroatoms. The van der Waals surface area contributed by atoms with Crippen molar-refractivity contribution < 1.29 is 14.0 Å². The Hall–Kier alpha value is -2.98. The van der Waals surface area contributed by atoms with Crippen LogP contribution in [-0.2, 0) is 11.3 Å². The highest BCUT2D eigenvalue weighted by molar-refractivity contribution is 9.10. The van der Waals surface area contributed by atoms with E-state index in [2.05, 4.69) is 43.3 Å². The zero-order chi connectivity index (χ0) is 23.1. The molecule has 7 nitrogen and oxygen atoms in total.